The fourth-order valence-electron chi connectivity index (χ4n) is 2.10. The zero-order chi connectivity index (χ0) is 11.7. The second-order valence-corrected chi connectivity index (χ2v) is 4.41. The highest BCUT2D eigenvalue weighted by atomic mass is 16.2. The summed E-state index contributed by atoms with van der Waals surface area (Å²) < 4.78 is 1.69. The van der Waals surface area contributed by atoms with Gasteiger partial charge < -0.3 is 10.2 Å². The van der Waals surface area contributed by atoms with Gasteiger partial charge >= 0.3 is 0 Å². The Balaban J connectivity index is 2.15. The molecule has 1 aliphatic heterocycles. The molecule has 0 radical (unpaired) electrons. The first-order valence-corrected chi connectivity index (χ1v) is 5.61. The lowest BCUT2D eigenvalue weighted by Gasteiger charge is -2.31. The van der Waals surface area contributed by atoms with Crippen LogP contribution in [0.2, 0.25) is 0 Å². The first-order chi connectivity index (χ1) is 7.58. The SMILES string of the molecule is Cc1nn(C)cc1C(=O)N1CCN[C@@H](C)C1. The van der Waals surface area contributed by atoms with Crippen LogP contribution >= 0.6 is 0 Å². The minimum absolute atomic E-state index is 0.0963. The number of carbonyl (C=O) groups is 1. The largest absolute Gasteiger partial charge is 0.336 e. The third-order valence-corrected chi connectivity index (χ3v) is 2.90. The van der Waals surface area contributed by atoms with Gasteiger partial charge in [-0.2, -0.15) is 5.10 Å². The topological polar surface area (TPSA) is 50.2 Å². The number of piperazine rings is 1. The van der Waals surface area contributed by atoms with E-state index in [0.29, 0.717) is 6.04 Å². The second-order valence-electron chi connectivity index (χ2n) is 4.41. The summed E-state index contributed by atoms with van der Waals surface area (Å²) in [5.41, 5.74) is 1.52. The molecule has 5 nitrogen and oxygen atoms in total. The van der Waals surface area contributed by atoms with Crippen molar-refractivity contribution < 1.29 is 4.79 Å². The molecule has 0 aliphatic carbocycles. The number of hydrogen-bond acceptors (Lipinski definition) is 3. The number of nitrogens with zero attached hydrogens (tertiary/aromatic N) is 3. The van der Waals surface area contributed by atoms with Crippen molar-refractivity contribution >= 4 is 5.91 Å². The Morgan fingerprint density at radius 3 is 2.94 bits per heavy atom. The van der Waals surface area contributed by atoms with Crippen molar-refractivity contribution in [2.75, 3.05) is 19.6 Å². The van der Waals surface area contributed by atoms with Crippen molar-refractivity contribution in [2.24, 2.45) is 7.05 Å². The molecule has 16 heavy (non-hydrogen) atoms. The first-order valence-electron chi connectivity index (χ1n) is 5.61. The molecule has 0 spiro atoms. The van der Waals surface area contributed by atoms with Gasteiger partial charge in [0.2, 0.25) is 0 Å². The zero-order valence-electron chi connectivity index (χ0n) is 10.0. The highest BCUT2D eigenvalue weighted by Gasteiger charge is 2.23. The third-order valence-electron chi connectivity index (χ3n) is 2.90. The Hall–Kier alpha value is -1.36. The summed E-state index contributed by atoms with van der Waals surface area (Å²) in [4.78, 5) is 14.1. The molecule has 1 atom stereocenters. The van der Waals surface area contributed by atoms with Gasteiger partial charge in [-0.25, -0.2) is 0 Å². The molecule has 0 saturated carbocycles. The van der Waals surface area contributed by atoms with Gasteiger partial charge in [-0.3, -0.25) is 9.48 Å². The van der Waals surface area contributed by atoms with Crippen molar-refractivity contribution in [3.05, 3.63) is 17.5 Å². The molecule has 2 rings (SSSR count). The van der Waals surface area contributed by atoms with Gasteiger partial charge in [0, 0.05) is 38.9 Å². The maximum absolute atomic E-state index is 12.2. The van der Waals surface area contributed by atoms with Gasteiger partial charge in [-0.15, -0.1) is 0 Å². The van der Waals surface area contributed by atoms with Crippen LogP contribution in [0, 0.1) is 6.92 Å². The molecule has 1 saturated heterocycles. The molecule has 0 aromatic carbocycles. The van der Waals surface area contributed by atoms with Crippen molar-refractivity contribution in [3.8, 4) is 0 Å². The average molecular weight is 222 g/mol. The van der Waals surface area contributed by atoms with Crippen molar-refractivity contribution in [2.45, 2.75) is 19.9 Å². The molecule has 1 aliphatic rings. The monoisotopic (exact) mass is 222 g/mol. The fourth-order valence-corrected chi connectivity index (χ4v) is 2.10. The summed E-state index contributed by atoms with van der Waals surface area (Å²) in [6.45, 7) is 6.38. The van der Waals surface area contributed by atoms with Crippen LogP contribution in [0.3, 0.4) is 0 Å². The molecule has 1 amide bonds. The van der Waals surface area contributed by atoms with Gasteiger partial charge in [-0.1, -0.05) is 0 Å². The summed E-state index contributed by atoms with van der Waals surface area (Å²) in [5.74, 6) is 0.0963. The molecule has 1 aromatic rings. The number of amides is 1. The number of rotatable bonds is 1. The van der Waals surface area contributed by atoms with Gasteiger partial charge in [-0.05, 0) is 13.8 Å². The van der Waals surface area contributed by atoms with Crippen LogP contribution < -0.4 is 5.32 Å². The molecule has 1 N–H and O–H groups in total. The molecular weight excluding hydrogens is 204 g/mol. The number of aromatic nitrogens is 2. The molecular formula is C11H18N4O. The Bertz CT molecular complexity index is 399. The summed E-state index contributed by atoms with van der Waals surface area (Å²) in [7, 11) is 1.84. The number of carbonyl (C=O) groups excluding carboxylic acids is 1. The van der Waals surface area contributed by atoms with E-state index in [1.165, 1.54) is 0 Å². The Morgan fingerprint density at radius 1 is 1.62 bits per heavy atom. The summed E-state index contributed by atoms with van der Waals surface area (Å²) in [5, 5.41) is 7.52. The molecule has 0 bridgehead atoms. The fraction of sp³-hybridized carbons (Fsp3) is 0.636. The standard InChI is InChI=1S/C11H18N4O/c1-8-6-15(5-4-12-8)11(16)10-7-14(3)13-9(10)2/h7-8,12H,4-6H2,1-3H3/t8-/m0/s1. The predicted octanol–water partition coefficient (Wildman–Crippen LogP) is 0.162. The Labute approximate surface area is 95.4 Å². The van der Waals surface area contributed by atoms with Gasteiger partial charge in [0.25, 0.3) is 5.91 Å². The second kappa shape index (κ2) is 4.25. The van der Waals surface area contributed by atoms with Crippen molar-refractivity contribution in [1.29, 1.82) is 0 Å². The third kappa shape index (κ3) is 2.09. The average Bonchev–Trinajstić information content (AvgIpc) is 2.57. The molecule has 1 fully saturated rings. The lowest BCUT2D eigenvalue weighted by Crippen LogP contribution is -2.51. The number of hydrogen-bond donors (Lipinski definition) is 1. The highest BCUT2D eigenvalue weighted by molar-refractivity contribution is 5.95. The Morgan fingerprint density at radius 2 is 2.38 bits per heavy atom. The molecule has 2 heterocycles. The van der Waals surface area contributed by atoms with E-state index in [-0.39, 0.29) is 5.91 Å². The predicted molar refractivity (Wildman–Crippen MR) is 61.3 cm³/mol. The lowest BCUT2D eigenvalue weighted by atomic mass is 10.2. The van der Waals surface area contributed by atoms with E-state index in [4.69, 9.17) is 0 Å². The molecule has 0 unspecified atom stereocenters. The van der Waals surface area contributed by atoms with E-state index in [1.807, 2.05) is 18.9 Å². The normalized spacial score (nSPS) is 21.2. The van der Waals surface area contributed by atoms with Crippen molar-refractivity contribution in [3.63, 3.8) is 0 Å². The molecule has 5 heteroatoms. The van der Waals surface area contributed by atoms with Crippen LogP contribution in [0.25, 0.3) is 0 Å². The lowest BCUT2D eigenvalue weighted by molar-refractivity contribution is 0.0708. The van der Waals surface area contributed by atoms with Gasteiger partial charge in [0.15, 0.2) is 0 Å². The van der Waals surface area contributed by atoms with E-state index in [1.54, 1.807) is 10.9 Å². The van der Waals surface area contributed by atoms with E-state index >= 15 is 0 Å². The summed E-state index contributed by atoms with van der Waals surface area (Å²) in [6.07, 6.45) is 1.80. The van der Waals surface area contributed by atoms with Crippen molar-refractivity contribution in [1.82, 2.24) is 20.0 Å². The smallest absolute Gasteiger partial charge is 0.257 e. The van der Waals surface area contributed by atoms with Crippen LogP contribution in [0.1, 0.15) is 23.0 Å². The van der Waals surface area contributed by atoms with Crippen LogP contribution in [0.4, 0.5) is 0 Å². The number of nitrogens with one attached hydrogen (secondary N) is 1. The maximum Gasteiger partial charge on any atom is 0.257 e. The summed E-state index contributed by atoms with van der Waals surface area (Å²) >= 11 is 0. The number of aryl methyl sites for hydroxylation is 2. The van der Waals surface area contributed by atoms with Gasteiger partial charge in [0.1, 0.15) is 0 Å². The van der Waals surface area contributed by atoms with Crippen LogP contribution in [-0.4, -0.2) is 46.3 Å². The quantitative estimate of drug-likeness (QED) is 0.736. The van der Waals surface area contributed by atoms with E-state index in [2.05, 4.69) is 17.3 Å². The first kappa shape index (κ1) is 11.1. The molecule has 88 valence electrons. The van der Waals surface area contributed by atoms with Crippen LogP contribution in [0.15, 0.2) is 6.20 Å². The summed E-state index contributed by atoms with van der Waals surface area (Å²) in [6, 6.07) is 0.370. The highest BCUT2D eigenvalue weighted by Crippen LogP contribution is 2.10. The van der Waals surface area contributed by atoms with E-state index in [0.717, 1.165) is 30.9 Å². The van der Waals surface area contributed by atoms with Crippen LogP contribution in [-0.2, 0) is 7.05 Å². The molecule has 1 aromatic heterocycles. The van der Waals surface area contributed by atoms with Crippen LogP contribution in [0.5, 0.6) is 0 Å². The minimum Gasteiger partial charge on any atom is -0.336 e. The van der Waals surface area contributed by atoms with Gasteiger partial charge in [0.05, 0.1) is 11.3 Å². The Kier molecular flexibility index (Phi) is 2.96. The zero-order valence-corrected chi connectivity index (χ0v) is 10.0. The maximum atomic E-state index is 12.2. The van der Waals surface area contributed by atoms with E-state index < -0.39 is 0 Å². The van der Waals surface area contributed by atoms with E-state index in [9.17, 15) is 4.79 Å². The minimum atomic E-state index is 0.0963.